The van der Waals surface area contributed by atoms with Crippen LogP contribution < -0.4 is 10.8 Å². The normalized spacial score (nSPS) is 11.8. The smallest absolute Gasteiger partial charge is 0.326 e. The number of carboxylic acid groups (broad SMARTS) is 1. The molecule has 6 nitrogen and oxygen atoms in total. The van der Waals surface area contributed by atoms with E-state index in [1.165, 1.54) is 6.07 Å². The molecule has 6 aromatic rings. The number of hydrogen-bond donors (Lipinski definition) is 4. The first kappa shape index (κ1) is 27.8. The first-order valence-electron chi connectivity index (χ1n) is 13.9. The summed E-state index contributed by atoms with van der Waals surface area (Å²) in [6.07, 6.45) is 0.799. The predicted octanol–water partition coefficient (Wildman–Crippen LogP) is 8.41. The molecule has 7 heteroatoms. The van der Waals surface area contributed by atoms with Crippen molar-refractivity contribution in [2.75, 3.05) is 10.8 Å². The number of halogens is 1. The third-order valence-corrected chi connectivity index (χ3v) is 7.50. The van der Waals surface area contributed by atoms with E-state index in [0.29, 0.717) is 34.5 Å². The summed E-state index contributed by atoms with van der Waals surface area (Å²) in [7, 11) is 0. The highest BCUT2D eigenvalue weighted by Gasteiger charge is 2.21. The van der Waals surface area contributed by atoms with Crippen molar-refractivity contribution in [1.82, 2.24) is 0 Å². The average Bonchev–Trinajstić information content (AvgIpc) is 3.41. The van der Waals surface area contributed by atoms with Gasteiger partial charge in [0.05, 0.1) is 16.8 Å². The number of carbonyl (C=O) groups is 1. The molecular formula is C36H29FN2O4. The number of rotatable bonds is 10. The zero-order valence-electron chi connectivity index (χ0n) is 23.1. The van der Waals surface area contributed by atoms with Crippen molar-refractivity contribution >= 4 is 28.3 Å². The fourth-order valence-electron chi connectivity index (χ4n) is 5.38. The van der Waals surface area contributed by atoms with Crippen LogP contribution in [-0.2, 0) is 17.6 Å². The second-order valence-electron chi connectivity index (χ2n) is 10.3. The van der Waals surface area contributed by atoms with Gasteiger partial charge < -0.3 is 14.8 Å². The lowest BCUT2D eigenvalue weighted by atomic mass is 9.96. The molecule has 43 heavy (non-hydrogen) atoms. The molecule has 1 aromatic heterocycles. The van der Waals surface area contributed by atoms with E-state index >= 15 is 4.39 Å². The fourth-order valence-corrected chi connectivity index (χ4v) is 5.38. The Morgan fingerprint density at radius 2 is 1.40 bits per heavy atom. The van der Waals surface area contributed by atoms with Crippen LogP contribution in [-0.4, -0.2) is 22.3 Å². The van der Waals surface area contributed by atoms with Crippen molar-refractivity contribution in [3.8, 4) is 22.3 Å². The summed E-state index contributed by atoms with van der Waals surface area (Å²) in [5, 5.41) is 23.2. The van der Waals surface area contributed by atoms with Crippen LogP contribution in [0.15, 0.2) is 126 Å². The standard InChI is InChI=1S/C36H29FN2O4/c37-28-12-7-13-32-35(28)34(33(43-32)21-24-10-5-2-6-11-24)26-16-14-25(15-17-26)27-18-19-29(30(22-27)39-42)38-31(36(40)41)20-23-8-3-1-4-9-23/h1-19,22,31,38-39,42H,20-21H2,(H,40,41). The molecule has 214 valence electrons. The van der Waals surface area contributed by atoms with Gasteiger partial charge in [-0.25, -0.2) is 9.18 Å². The van der Waals surface area contributed by atoms with Crippen molar-refractivity contribution in [1.29, 1.82) is 0 Å². The van der Waals surface area contributed by atoms with Gasteiger partial charge in [-0.15, -0.1) is 0 Å². The van der Waals surface area contributed by atoms with Crippen molar-refractivity contribution in [3.05, 3.63) is 144 Å². The maximum absolute atomic E-state index is 15.1. The molecule has 4 N–H and O–H groups in total. The van der Waals surface area contributed by atoms with Gasteiger partial charge in [-0.1, -0.05) is 97.1 Å². The highest BCUT2D eigenvalue weighted by atomic mass is 19.1. The Bertz CT molecular complexity index is 1870. The van der Waals surface area contributed by atoms with Crippen molar-refractivity contribution in [2.45, 2.75) is 18.9 Å². The number of carboxylic acids is 1. The maximum Gasteiger partial charge on any atom is 0.326 e. The molecule has 0 bridgehead atoms. The fraction of sp³-hybridized carbons (Fsp3) is 0.0833. The van der Waals surface area contributed by atoms with E-state index in [-0.39, 0.29) is 12.2 Å². The van der Waals surface area contributed by atoms with Crippen LogP contribution in [0.25, 0.3) is 33.2 Å². The van der Waals surface area contributed by atoms with Gasteiger partial charge in [0, 0.05) is 18.4 Å². The molecule has 0 saturated carbocycles. The van der Waals surface area contributed by atoms with E-state index in [9.17, 15) is 15.1 Å². The molecule has 5 aromatic carbocycles. The number of nitrogens with one attached hydrogen (secondary N) is 2. The summed E-state index contributed by atoms with van der Waals surface area (Å²) in [5.74, 6) is -0.653. The molecule has 0 fully saturated rings. The van der Waals surface area contributed by atoms with E-state index in [1.807, 2.05) is 91.0 Å². The van der Waals surface area contributed by atoms with Gasteiger partial charge >= 0.3 is 5.97 Å². The quantitative estimate of drug-likeness (QED) is 0.123. The summed E-state index contributed by atoms with van der Waals surface area (Å²) >= 11 is 0. The highest BCUT2D eigenvalue weighted by Crippen LogP contribution is 2.39. The number of aliphatic carboxylic acids is 1. The van der Waals surface area contributed by atoms with Gasteiger partial charge in [0.15, 0.2) is 0 Å². The van der Waals surface area contributed by atoms with Gasteiger partial charge in [0.1, 0.15) is 23.2 Å². The zero-order chi connectivity index (χ0) is 29.8. The second kappa shape index (κ2) is 12.2. The van der Waals surface area contributed by atoms with Gasteiger partial charge in [0.25, 0.3) is 0 Å². The van der Waals surface area contributed by atoms with E-state index < -0.39 is 12.0 Å². The minimum atomic E-state index is -0.998. The van der Waals surface area contributed by atoms with Gasteiger partial charge in [-0.3, -0.25) is 10.7 Å². The van der Waals surface area contributed by atoms with Crippen molar-refractivity contribution < 1.29 is 23.9 Å². The number of fused-ring (bicyclic) bond motifs is 1. The predicted molar refractivity (Wildman–Crippen MR) is 167 cm³/mol. The summed E-state index contributed by atoms with van der Waals surface area (Å²) in [6.45, 7) is 0. The van der Waals surface area contributed by atoms with Crippen molar-refractivity contribution in [3.63, 3.8) is 0 Å². The van der Waals surface area contributed by atoms with Crippen LogP contribution in [0.2, 0.25) is 0 Å². The zero-order valence-corrected chi connectivity index (χ0v) is 23.1. The molecule has 0 radical (unpaired) electrons. The van der Waals surface area contributed by atoms with Crippen molar-refractivity contribution in [2.24, 2.45) is 0 Å². The Morgan fingerprint density at radius 1 is 0.744 bits per heavy atom. The van der Waals surface area contributed by atoms with Crippen LogP contribution in [0, 0.1) is 5.82 Å². The van der Waals surface area contributed by atoms with E-state index in [2.05, 4.69) is 10.8 Å². The Balaban J connectivity index is 1.29. The molecule has 0 aliphatic rings. The van der Waals surface area contributed by atoms with Crippen LogP contribution in [0.1, 0.15) is 16.9 Å². The van der Waals surface area contributed by atoms with Crippen LogP contribution in [0.3, 0.4) is 0 Å². The van der Waals surface area contributed by atoms with Gasteiger partial charge in [-0.2, -0.15) is 0 Å². The highest BCUT2D eigenvalue weighted by molar-refractivity contribution is 5.96. The Kier molecular flexibility index (Phi) is 7.89. The molecule has 0 amide bonds. The van der Waals surface area contributed by atoms with Gasteiger partial charge in [0.2, 0.25) is 0 Å². The molecule has 0 aliphatic heterocycles. The SMILES string of the molecule is O=C(O)C(Cc1ccccc1)Nc1ccc(-c2ccc(-c3c(Cc4ccccc4)oc4cccc(F)c34)cc2)cc1NO. The van der Waals surface area contributed by atoms with E-state index in [1.54, 1.807) is 24.3 Å². The van der Waals surface area contributed by atoms with E-state index in [4.69, 9.17) is 4.42 Å². The molecule has 0 aliphatic carbocycles. The molecule has 1 atom stereocenters. The van der Waals surface area contributed by atoms with Crippen LogP contribution in [0.5, 0.6) is 0 Å². The topological polar surface area (TPSA) is 94.7 Å². The first-order valence-corrected chi connectivity index (χ1v) is 13.9. The average molecular weight is 573 g/mol. The third-order valence-electron chi connectivity index (χ3n) is 7.50. The van der Waals surface area contributed by atoms with Crippen LogP contribution >= 0.6 is 0 Å². The number of benzene rings is 5. The molecule has 0 spiro atoms. The third kappa shape index (κ3) is 5.98. The number of anilines is 2. The Labute approximate surface area is 248 Å². The summed E-state index contributed by atoms with van der Waals surface area (Å²) < 4.78 is 21.2. The maximum atomic E-state index is 15.1. The largest absolute Gasteiger partial charge is 0.480 e. The molecular weight excluding hydrogens is 543 g/mol. The molecule has 0 saturated heterocycles. The number of hydrogen-bond acceptors (Lipinski definition) is 5. The first-order chi connectivity index (χ1) is 21.0. The minimum Gasteiger partial charge on any atom is -0.480 e. The Hall–Kier alpha value is -5.40. The van der Waals surface area contributed by atoms with E-state index in [0.717, 1.165) is 33.4 Å². The van der Waals surface area contributed by atoms with Gasteiger partial charge in [-0.05, 0) is 52.1 Å². The molecule has 1 heterocycles. The summed E-state index contributed by atoms with van der Waals surface area (Å²) in [5.41, 5.74) is 8.65. The lowest BCUT2D eigenvalue weighted by Crippen LogP contribution is -2.31. The lowest BCUT2D eigenvalue weighted by molar-refractivity contribution is -0.137. The number of furan rings is 1. The summed E-state index contributed by atoms with van der Waals surface area (Å²) in [6, 6.07) is 36.3. The monoisotopic (exact) mass is 572 g/mol. The minimum absolute atomic E-state index is 0.278. The summed E-state index contributed by atoms with van der Waals surface area (Å²) in [4.78, 5) is 12.0. The van der Waals surface area contributed by atoms with Crippen LogP contribution in [0.4, 0.5) is 15.8 Å². The Morgan fingerprint density at radius 3 is 2.07 bits per heavy atom. The molecule has 1 unspecified atom stereocenters. The second-order valence-corrected chi connectivity index (χ2v) is 10.3. The lowest BCUT2D eigenvalue weighted by Gasteiger charge is -2.19. The molecule has 6 rings (SSSR count).